The summed E-state index contributed by atoms with van der Waals surface area (Å²) in [5.74, 6) is -0.139. The summed E-state index contributed by atoms with van der Waals surface area (Å²) in [7, 11) is -3.69. The fourth-order valence-electron chi connectivity index (χ4n) is 2.46. The molecule has 0 saturated heterocycles. The van der Waals surface area contributed by atoms with E-state index in [1.54, 1.807) is 24.3 Å². The Hall–Kier alpha value is -2.81. The van der Waals surface area contributed by atoms with Gasteiger partial charge in [0.25, 0.3) is 0 Å². The van der Waals surface area contributed by atoms with Gasteiger partial charge < -0.3 is 5.32 Å². The molecule has 28 heavy (non-hydrogen) atoms. The van der Waals surface area contributed by atoms with Crippen LogP contribution in [0.5, 0.6) is 0 Å². The van der Waals surface area contributed by atoms with Gasteiger partial charge in [-0.2, -0.15) is 0 Å². The zero-order chi connectivity index (χ0) is 20.1. The number of aromatic nitrogens is 2. The smallest absolute Gasteiger partial charge is 0.240 e. The van der Waals surface area contributed by atoms with Gasteiger partial charge >= 0.3 is 0 Å². The molecule has 9 heteroatoms. The van der Waals surface area contributed by atoms with Gasteiger partial charge in [-0.25, -0.2) is 18.1 Å². The van der Waals surface area contributed by atoms with Crippen LogP contribution in [0.3, 0.4) is 0 Å². The van der Waals surface area contributed by atoms with E-state index in [2.05, 4.69) is 20.0 Å². The van der Waals surface area contributed by atoms with Gasteiger partial charge in [0.2, 0.25) is 15.9 Å². The van der Waals surface area contributed by atoms with Crippen molar-refractivity contribution in [1.29, 1.82) is 0 Å². The van der Waals surface area contributed by atoms with Crippen LogP contribution in [-0.2, 0) is 21.4 Å². The molecule has 0 radical (unpaired) electrons. The van der Waals surface area contributed by atoms with Crippen LogP contribution in [0.15, 0.2) is 65.8 Å². The van der Waals surface area contributed by atoms with E-state index in [0.29, 0.717) is 11.4 Å². The Morgan fingerprint density at radius 3 is 2.11 bits per heavy atom. The minimum Gasteiger partial charge on any atom is -0.326 e. The fraction of sp³-hybridized carbons (Fsp3) is 0.105. The highest BCUT2D eigenvalue weighted by atomic mass is 35.5. The van der Waals surface area contributed by atoms with Crippen molar-refractivity contribution in [2.24, 2.45) is 0 Å². The monoisotopic (exact) mass is 416 g/mol. The summed E-state index contributed by atoms with van der Waals surface area (Å²) in [6, 6.07) is 13.8. The minimum absolute atomic E-state index is 0.0128. The molecule has 1 aromatic heterocycles. The van der Waals surface area contributed by atoms with Crippen LogP contribution in [-0.4, -0.2) is 24.3 Å². The highest BCUT2D eigenvalue weighted by Gasteiger charge is 2.14. The van der Waals surface area contributed by atoms with Gasteiger partial charge in [-0.05, 0) is 35.4 Å². The SMILES string of the molecule is CC(=O)Nc1ccc(-c2ccc(S(=O)(=O)NCc3cnc(Cl)cn3)cc2)cc1. The van der Waals surface area contributed by atoms with Gasteiger partial charge in [0.05, 0.1) is 29.5 Å². The van der Waals surface area contributed by atoms with Crippen LogP contribution >= 0.6 is 11.6 Å². The Bertz CT molecular complexity index is 1070. The summed E-state index contributed by atoms with van der Waals surface area (Å²) in [5.41, 5.74) is 2.92. The number of halogens is 1. The van der Waals surface area contributed by atoms with E-state index in [1.807, 2.05) is 12.1 Å². The summed E-state index contributed by atoms with van der Waals surface area (Å²) in [5, 5.41) is 2.94. The number of carbonyl (C=O) groups is 1. The average Bonchev–Trinajstić information content (AvgIpc) is 2.68. The van der Waals surface area contributed by atoms with Crippen LogP contribution in [0.2, 0.25) is 5.15 Å². The number of benzene rings is 2. The highest BCUT2D eigenvalue weighted by Crippen LogP contribution is 2.23. The van der Waals surface area contributed by atoms with E-state index >= 15 is 0 Å². The molecule has 0 unspecified atom stereocenters. The number of nitrogens with one attached hydrogen (secondary N) is 2. The van der Waals surface area contributed by atoms with Gasteiger partial charge in [0, 0.05) is 12.6 Å². The maximum absolute atomic E-state index is 12.4. The summed E-state index contributed by atoms with van der Waals surface area (Å²) in [6.07, 6.45) is 2.77. The third-order valence-electron chi connectivity index (χ3n) is 3.82. The molecule has 0 fully saturated rings. The Morgan fingerprint density at radius 2 is 1.57 bits per heavy atom. The number of nitrogens with zero attached hydrogens (tertiary/aromatic N) is 2. The zero-order valence-electron chi connectivity index (χ0n) is 14.9. The largest absolute Gasteiger partial charge is 0.326 e. The van der Waals surface area contributed by atoms with Crippen molar-refractivity contribution in [3.8, 4) is 11.1 Å². The van der Waals surface area contributed by atoms with E-state index in [-0.39, 0.29) is 22.5 Å². The lowest BCUT2D eigenvalue weighted by Crippen LogP contribution is -2.23. The van der Waals surface area contributed by atoms with Gasteiger partial charge in [-0.1, -0.05) is 35.9 Å². The quantitative estimate of drug-likeness (QED) is 0.642. The number of hydrogen-bond acceptors (Lipinski definition) is 5. The van der Waals surface area contributed by atoms with Crippen molar-refractivity contribution in [3.63, 3.8) is 0 Å². The molecule has 1 amide bonds. The molecular formula is C19H17ClN4O3S. The van der Waals surface area contributed by atoms with Gasteiger partial charge in [-0.15, -0.1) is 0 Å². The van der Waals surface area contributed by atoms with Crippen LogP contribution in [0.1, 0.15) is 12.6 Å². The molecule has 0 aliphatic rings. The van der Waals surface area contributed by atoms with Crippen LogP contribution in [0, 0.1) is 0 Å². The molecule has 0 aliphatic carbocycles. The van der Waals surface area contributed by atoms with E-state index in [9.17, 15) is 13.2 Å². The lowest BCUT2D eigenvalue weighted by Gasteiger charge is -2.08. The first-order chi connectivity index (χ1) is 13.3. The first-order valence-corrected chi connectivity index (χ1v) is 10.1. The Balaban J connectivity index is 1.70. The third-order valence-corrected chi connectivity index (χ3v) is 5.43. The first-order valence-electron chi connectivity index (χ1n) is 8.28. The molecule has 2 aromatic carbocycles. The van der Waals surface area contributed by atoms with Gasteiger partial charge in [0.1, 0.15) is 5.15 Å². The van der Waals surface area contributed by atoms with Crippen LogP contribution in [0.4, 0.5) is 5.69 Å². The molecule has 2 N–H and O–H groups in total. The van der Waals surface area contributed by atoms with Gasteiger partial charge in [-0.3, -0.25) is 9.78 Å². The number of anilines is 1. The molecule has 0 saturated carbocycles. The molecule has 0 spiro atoms. The molecule has 0 aliphatic heterocycles. The zero-order valence-corrected chi connectivity index (χ0v) is 16.5. The predicted octanol–water partition coefficient (Wildman–Crippen LogP) is 3.23. The lowest BCUT2D eigenvalue weighted by molar-refractivity contribution is -0.114. The number of amides is 1. The summed E-state index contributed by atoms with van der Waals surface area (Å²) < 4.78 is 27.4. The third kappa shape index (κ3) is 5.13. The van der Waals surface area contributed by atoms with E-state index in [1.165, 1.54) is 31.5 Å². The maximum atomic E-state index is 12.4. The molecule has 3 rings (SSSR count). The second-order valence-corrected chi connectivity index (χ2v) is 8.09. The Kier molecular flexibility index (Phi) is 6.03. The Morgan fingerprint density at radius 1 is 0.964 bits per heavy atom. The van der Waals surface area contributed by atoms with E-state index in [0.717, 1.165) is 11.1 Å². The summed E-state index contributed by atoms with van der Waals surface area (Å²) in [4.78, 5) is 19.1. The van der Waals surface area contributed by atoms with Crippen molar-refractivity contribution >= 4 is 33.2 Å². The molecule has 144 valence electrons. The van der Waals surface area contributed by atoms with E-state index in [4.69, 9.17) is 11.6 Å². The second kappa shape index (κ2) is 8.47. The first kappa shape index (κ1) is 19.9. The fourth-order valence-corrected chi connectivity index (χ4v) is 3.55. The molecule has 1 heterocycles. The maximum Gasteiger partial charge on any atom is 0.240 e. The number of carbonyl (C=O) groups excluding carboxylic acids is 1. The van der Waals surface area contributed by atoms with Crippen molar-refractivity contribution < 1.29 is 13.2 Å². The second-order valence-electron chi connectivity index (χ2n) is 5.94. The predicted molar refractivity (Wildman–Crippen MR) is 107 cm³/mol. The van der Waals surface area contributed by atoms with Crippen LogP contribution in [0.25, 0.3) is 11.1 Å². The Labute approximate surface area is 167 Å². The molecule has 7 nitrogen and oxygen atoms in total. The summed E-state index contributed by atoms with van der Waals surface area (Å²) in [6.45, 7) is 1.46. The van der Waals surface area contributed by atoms with Crippen molar-refractivity contribution in [2.45, 2.75) is 18.4 Å². The number of rotatable bonds is 6. The number of hydrogen-bond donors (Lipinski definition) is 2. The topological polar surface area (TPSA) is 101 Å². The molecule has 0 bridgehead atoms. The number of sulfonamides is 1. The average molecular weight is 417 g/mol. The normalized spacial score (nSPS) is 11.2. The highest BCUT2D eigenvalue weighted by molar-refractivity contribution is 7.89. The standard InChI is InChI=1S/C19H17ClN4O3S/c1-13(25)24-16-6-2-14(3-7-16)15-4-8-18(9-5-15)28(26,27)23-11-17-10-22-19(20)12-21-17/h2-10,12,23H,11H2,1H3,(H,24,25). The van der Waals surface area contributed by atoms with Crippen molar-refractivity contribution in [2.75, 3.05) is 5.32 Å². The molecular weight excluding hydrogens is 400 g/mol. The summed E-state index contributed by atoms with van der Waals surface area (Å²) >= 11 is 5.66. The lowest BCUT2D eigenvalue weighted by atomic mass is 10.1. The minimum atomic E-state index is -3.69. The molecule has 3 aromatic rings. The van der Waals surface area contributed by atoms with Crippen LogP contribution < -0.4 is 10.0 Å². The van der Waals surface area contributed by atoms with E-state index < -0.39 is 10.0 Å². The molecule has 0 atom stereocenters. The van der Waals surface area contributed by atoms with Crippen molar-refractivity contribution in [1.82, 2.24) is 14.7 Å². The van der Waals surface area contributed by atoms with Crippen molar-refractivity contribution in [3.05, 3.63) is 71.8 Å². The van der Waals surface area contributed by atoms with Gasteiger partial charge in [0.15, 0.2) is 0 Å².